The van der Waals surface area contributed by atoms with Gasteiger partial charge >= 0.3 is 12.3 Å². The van der Waals surface area contributed by atoms with Gasteiger partial charge in [-0.25, -0.2) is 4.79 Å². The van der Waals surface area contributed by atoms with Crippen LogP contribution in [-0.4, -0.2) is 47.2 Å². The van der Waals surface area contributed by atoms with Crippen LogP contribution in [0.5, 0.6) is 0 Å². The lowest BCUT2D eigenvalue weighted by Gasteiger charge is -2.24. The zero-order valence-corrected chi connectivity index (χ0v) is 16.9. The molecule has 2 amide bonds. The number of carboxylic acid groups (broad SMARTS) is 1. The summed E-state index contributed by atoms with van der Waals surface area (Å²) >= 11 is 0. The summed E-state index contributed by atoms with van der Waals surface area (Å²) in [6.45, 7) is 4.08. The van der Waals surface area contributed by atoms with E-state index >= 15 is 0 Å². The van der Waals surface area contributed by atoms with E-state index < -0.39 is 23.9 Å². The van der Waals surface area contributed by atoms with Gasteiger partial charge in [0.25, 0.3) is 0 Å². The second-order valence-corrected chi connectivity index (χ2v) is 8.30. The highest BCUT2D eigenvalue weighted by Crippen LogP contribution is 2.39. The van der Waals surface area contributed by atoms with Gasteiger partial charge in [0.15, 0.2) is 0 Å². The maximum absolute atomic E-state index is 12.7. The predicted molar refractivity (Wildman–Crippen MR) is 105 cm³/mol. The second kappa shape index (κ2) is 9.24. The normalized spacial score (nSPS) is 25.0. The molecule has 166 valence electrons. The van der Waals surface area contributed by atoms with Crippen LogP contribution in [0.3, 0.4) is 0 Å². The van der Waals surface area contributed by atoms with E-state index in [0.29, 0.717) is 25.3 Å². The first kappa shape index (κ1) is 22.4. The van der Waals surface area contributed by atoms with Crippen molar-refractivity contribution >= 4 is 12.0 Å². The molecule has 1 saturated carbocycles. The Balaban J connectivity index is 1.55. The molecule has 3 rings (SSSR count). The first-order valence-electron chi connectivity index (χ1n) is 10.4. The number of fused-ring (bicyclic) bond motifs is 1. The summed E-state index contributed by atoms with van der Waals surface area (Å²) in [5, 5.41) is 14.3. The van der Waals surface area contributed by atoms with E-state index in [4.69, 9.17) is 5.11 Å². The third-order valence-electron chi connectivity index (χ3n) is 6.14. The standard InChI is InChI=1S/C21H28F3N3O3/c1-2-3-18(26-20(29)30)19(28)25-17-9-6-14-11-27(12-16(14)17)10-13-4-7-15(8-5-13)21(22,23)24/h4-5,7-8,14,16-18,26H,2-3,6,9-12H2,1H3,(H,25,28)(H,29,30)/t14-,16+,17+,18+/m1/s1. The van der Waals surface area contributed by atoms with Crippen molar-refractivity contribution in [1.29, 1.82) is 0 Å². The number of amides is 2. The molecule has 0 spiro atoms. The fourth-order valence-corrected chi connectivity index (χ4v) is 4.71. The van der Waals surface area contributed by atoms with Crippen LogP contribution in [0, 0.1) is 11.8 Å². The van der Waals surface area contributed by atoms with E-state index in [1.807, 2.05) is 6.92 Å². The van der Waals surface area contributed by atoms with Gasteiger partial charge in [0, 0.05) is 25.7 Å². The van der Waals surface area contributed by atoms with Crippen molar-refractivity contribution in [1.82, 2.24) is 15.5 Å². The van der Waals surface area contributed by atoms with Gasteiger partial charge in [0.1, 0.15) is 6.04 Å². The van der Waals surface area contributed by atoms with Crippen LogP contribution in [0.4, 0.5) is 18.0 Å². The number of nitrogens with one attached hydrogen (secondary N) is 2. The Bertz CT molecular complexity index is 754. The van der Waals surface area contributed by atoms with E-state index in [1.165, 1.54) is 12.1 Å². The number of halogens is 3. The van der Waals surface area contributed by atoms with Crippen molar-refractivity contribution in [3.05, 3.63) is 35.4 Å². The third kappa shape index (κ3) is 5.44. The molecule has 9 heteroatoms. The number of nitrogens with zero attached hydrogens (tertiary/aromatic N) is 1. The quantitative estimate of drug-likeness (QED) is 0.623. The van der Waals surface area contributed by atoms with Crippen molar-refractivity contribution in [3.8, 4) is 0 Å². The highest BCUT2D eigenvalue weighted by Gasteiger charge is 2.43. The molecule has 1 aliphatic carbocycles. The van der Waals surface area contributed by atoms with Gasteiger partial charge in [-0.05, 0) is 48.8 Å². The highest BCUT2D eigenvalue weighted by molar-refractivity contribution is 5.85. The van der Waals surface area contributed by atoms with Crippen molar-refractivity contribution < 1.29 is 27.9 Å². The molecule has 1 aromatic carbocycles. The van der Waals surface area contributed by atoms with Gasteiger partial charge in [0.05, 0.1) is 5.56 Å². The summed E-state index contributed by atoms with van der Waals surface area (Å²) in [6.07, 6.45) is -2.57. The molecule has 30 heavy (non-hydrogen) atoms. The molecule has 0 aromatic heterocycles. The van der Waals surface area contributed by atoms with Crippen LogP contribution in [0.2, 0.25) is 0 Å². The van der Waals surface area contributed by atoms with Crippen LogP contribution in [0.15, 0.2) is 24.3 Å². The molecule has 0 unspecified atom stereocenters. The number of likely N-dealkylation sites (tertiary alicyclic amines) is 1. The first-order valence-corrected chi connectivity index (χ1v) is 10.4. The fraction of sp³-hybridized carbons (Fsp3) is 0.619. The Morgan fingerprint density at radius 2 is 1.90 bits per heavy atom. The van der Waals surface area contributed by atoms with Crippen molar-refractivity contribution in [2.45, 2.75) is 57.4 Å². The Kier molecular flexibility index (Phi) is 6.90. The number of carbonyl (C=O) groups excluding carboxylic acids is 1. The summed E-state index contributed by atoms with van der Waals surface area (Å²) in [5.41, 5.74) is 0.182. The molecule has 6 nitrogen and oxygen atoms in total. The minimum absolute atomic E-state index is 0.00458. The zero-order chi connectivity index (χ0) is 21.9. The molecule has 1 aliphatic heterocycles. The topological polar surface area (TPSA) is 81.7 Å². The number of hydrogen-bond acceptors (Lipinski definition) is 3. The van der Waals surface area contributed by atoms with E-state index in [1.54, 1.807) is 0 Å². The van der Waals surface area contributed by atoms with Gasteiger partial charge in [0.2, 0.25) is 5.91 Å². The Morgan fingerprint density at radius 3 is 2.50 bits per heavy atom. The van der Waals surface area contributed by atoms with E-state index in [0.717, 1.165) is 43.6 Å². The number of hydrogen-bond donors (Lipinski definition) is 3. The average Bonchev–Trinajstić information content (AvgIpc) is 3.22. The lowest BCUT2D eigenvalue weighted by molar-refractivity contribution is -0.137. The largest absolute Gasteiger partial charge is 0.465 e. The first-order chi connectivity index (χ1) is 14.2. The zero-order valence-electron chi connectivity index (χ0n) is 16.9. The Labute approximate surface area is 173 Å². The monoisotopic (exact) mass is 427 g/mol. The van der Waals surface area contributed by atoms with E-state index in [-0.39, 0.29) is 17.9 Å². The molecular formula is C21H28F3N3O3. The van der Waals surface area contributed by atoms with Gasteiger partial charge in [-0.15, -0.1) is 0 Å². The molecule has 1 heterocycles. The SMILES string of the molecule is CCC[C@H](NC(=O)O)C(=O)N[C@H]1CC[C@@H]2CN(Cc3ccc(C(F)(F)F)cc3)C[C@@H]21. The van der Waals surface area contributed by atoms with Gasteiger partial charge in [-0.2, -0.15) is 13.2 Å². The maximum atomic E-state index is 12.7. The smallest absolute Gasteiger partial charge is 0.416 e. The van der Waals surface area contributed by atoms with Crippen molar-refractivity contribution in [2.24, 2.45) is 11.8 Å². The van der Waals surface area contributed by atoms with Crippen LogP contribution in [0.25, 0.3) is 0 Å². The Morgan fingerprint density at radius 1 is 1.20 bits per heavy atom. The summed E-state index contributed by atoms with van der Waals surface area (Å²) in [5.74, 6) is 0.420. The predicted octanol–water partition coefficient (Wildman–Crippen LogP) is 3.47. The maximum Gasteiger partial charge on any atom is 0.416 e. The average molecular weight is 427 g/mol. The van der Waals surface area contributed by atoms with Crippen LogP contribution in [0.1, 0.15) is 43.7 Å². The number of benzene rings is 1. The molecule has 4 atom stereocenters. The molecule has 0 bridgehead atoms. The highest BCUT2D eigenvalue weighted by atomic mass is 19.4. The number of alkyl halides is 3. The molecule has 1 aromatic rings. The van der Waals surface area contributed by atoms with Crippen molar-refractivity contribution in [2.75, 3.05) is 13.1 Å². The fourth-order valence-electron chi connectivity index (χ4n) is 4.71. The van der Waals surface area contributed by atoms with Gasteiger partial charge < -0.3 is 15.7 Å². The number of carbonyl (C=O) groups is 2. The van der Waals surface area contributed by atoms with Crippen LogP contribution < -0.4 is 10.6 Å². The van der Waals surface area contributed by atoms with Gasteiger partial charge in [-0.3, -0.25) is 9.69 Å². The Hall–Kier alpha value is -2.29. The van der Waals surface area contributed by atoms with Crippen molar-refractivity contribution in [3.63, 3.8) is 0 Å². The molecular weight excluding hydrogens is 399 g/mol. The summed E-state index contributed by atoms with van der Waals surface area (Å²) in [7, 11) is 0. The molecule has 1 saturated heterocycles. The molecule has 3 N–H and O–H groups in total. The molecule has 2 fully saturated rings. The molecule has 2 aliphatic rings. The van der Waals surface area contributed by atoms with Crippen LogP contribution in [-0.2, 0) is 17.5 Å². The lowest BCUT2D eigenvalue weighted by Crippen LogP contribution is -2.50. The number of rotatable bonds is 7. The minimum Gasteiger partial charge on any atom is -0.465 e. The summed E-state index contributed by atoms with van der Waals surface area (Å²) in [4.78, 5) is 25.7. The van der Waals surface area contributed by atoms with Crippen LogP contribution >= 0.6 is 0 Å². The molecule has 0 radical (unpaired) electrons. The van der Waals surface area contributed by atoms with Gasteiger partial charge in [-0.1, -0.05) is 25.5 Å². The second-order valence-electron chi connectivity index (χ2n) is 8.30. The van der Waals surface area contributed by atoms with E-state index in [9.17, 15) is 22.8 Å². The lowest BCUT2D eigenvalue weighted by atomic mass is 9.97. The third-order valence-corrected chi connectivity index (χ3v) is 6.14. The summed E-state index contributed by atoms with van der Waals surface area (Å²) in [6, 6.07) is 4.50. The summed E-state index contributed by atoms with van der Waals surface area (Å²) < 4.78 is 38.2. The minimum atomic E-state index is -4.33. The van der Waals surface area contributed by atoms with E-state index in [2.05, 4.69) is 15.5 Å².